The topological polar surface area (TPSA) is 29.1 Å². The maximum atomic E-state index is 11.3. The first-order valence-electron chi connectivity index (χ1n) is 5.08. The average Bonchev–Trinajstić information content (AvgIpc) is 2.09. The van der Waals surface area contributed by atoms with Crippen LogP contribution in [0.2, 0.25) is 0 Å². The van der Waals surface area contributed by atoms with Gasteiger partial charge in [-0.25, -0.2) is 0 Å². The third kappa shape index (κ3) is 2.94. The third-order valence-electron chi connectivity index (χ3n) is 2.55. The van der Waals surface area contributed by atoms with Crippen molar-refractivity contribution in [3.05, 3.63) is 0 Å². The third-order valence-corrected chi connectivity index (χ3v) is 2.55. The Morgan fingerprint density at radius 2 is 2.33 bits per heavy atom. The first-order chi connectivity index (χ1) is 5.84. The molecule has 0 spiro atoms. The van der Waals surface area contributed by atoms with Crippen molar-refractivity contribution in [3.63, 3.8) is 0 Å². The van der Waals surface area contributed by atoms with E-state index in [0.717, 1.165) is 25.9 Å². The molecule has 2 heteroatoms. The number of nitrogens with one attached hydrogen (secondary N) is 1. The van der Waals surface area contributed by atoms with Gasteiger partial charge in [0.1, 0.15) is 5.78 Å². The Labute approximate surface area is 74.7 Å². The van der Waals surface area contributed by atoms with E-state index in [1.807, 2.05) is 0 Å². The number of piperidine rings is 1. The number of carbonyl (C=O) groups excluding carboxylic acids is 1. The highest BCUT2D eigenvalue weighted by atomic mass is 16.1. The fraction of sp³-hybridized carbons (Fsp3) is 0.900. The fourth-order valence-electron chi connectivity index (χ4n) is 1.71. The lowest BCUT2D eigenvalue weighted by Gasteiger charge is -2.21. The molecule has 1 aliphatic rings. The van der Waals surface area contributed by atoms with E-state index in [1.54, 1.807) is 0 Å². The lowest BCUT2D eigenvalue weighted by molar-refractivity contribution is -0.124. The zero-order valence-electron chi connectivity index (χ0n) is 7.94. The summed E-state index contributed by atoms with van der Waals surface area (Å²) in [5.41, 5.74) is 0. The largest absolute Gasteiger partial charge is 0.316 e. The van der Waals surface area contributed by atoms with Gasteiger partial charge in [0.2, 0.25) is 0 Å². The maximum absolute atomic E-state index is 11.3. The van der Waals surface area contributed by atoms with E-state index in [2.05, 4.69) is 12.2 Å². The Kier molecular flexibility index (Phi) is 4.30. The average molecular weight is 169 g/mol. The lowest BCUT2D eigenvalue weighted by atomic mass is 9.92. The quantitative estimate of drug-likeness (QED) is 0.649. The van der Waals surface area contributed by atoms with Gasteiger partial charge in [0.15, 0.2) is 0 Å². The van der Waals surface area contributed by atoms with E-state index < -0.39 is 0 Å². The number of hydrogen-bond acceptors (Lipinski definition) is 2. The molecule has 0 radical (unpaired) electrons. The van der Waals surface area contributed by atoms with Crippen molar-refractivity contribution in [2.24, 2.45) is 5.92 Å². The number of rotatable bonds is 4. The summed E-state index contributed by atoms with van der Waals surface area (Å²) >= 11 is 0. The SMILES string of the molecule is CCCCCC1CNCCC1=O. The Balaban J connectivity index is 2.16. The van der Waals surface area contributed by atoms with Crippen LogP contribution in [0.4, 0.5) is 0 Å². The molecule has 1 unspecified atom stereocenters. The second kappa shape index (κ2) is 5.31. The minimum Gasteiger partial charge on any atom is -0.316 e. The van der Waals surface area contributed by atoms with E-state index in [1.165, 1.54) is 19.3 Å². The standard InChI is InChI=1S/C10H19NO/c1-2-3-4-5-9-8-11-7-6-10(9)12/h9,11H,2-8H2,1H3. The molecule has 0 aromatic heterocycles. The molecule has 1 aliphatic heterocycles. The van der Waals surface area contributed by atoms with Crippen LogP contribution in [0.1, 0.15) is 39.0 Å². The minimum absolute atomic E-state index is 0.324. The molecule has 0 saturated carbocycles. The second-order valence-corrected chi connectivity index (χ2v) is 3.61. The van der Waals surface area contributed by atoms with Crippen molar-refractivity contribution in [1.82, 2.24) is 5.32 Å². The molecule has 0 aliphatic carbocycles. The lowest BCUT2D eigenvalue weighted by Crippen LogP contribution is -2.36. The van der Waals surface area contributed by atoms with Gasteiger partial charge in [0, 0.05) is 25.4 Å². The molecule has 0 bridgehead atoms. The van der Waals surface area contributed by atoms with Gasteiger partial charge in [-0.15, -0.1) is 0 Å². The Morgan fingerprint density at radius 3 is 3.00 bits per heavy atom. The summed E-state index contributed by atoms with van der Waals surface area (Å²) in [5.74, 6) is 0.801. The van der Waals surface area contributed by atoms with Gasteiger partial charge in [-0.1, -0.05) is 26.2 Å². The first-order valence-corrected chi connectivity index (χ1v) is 5.08. The zero-order valence-corrected chi connectivity index (χ0v) is 7.94. The molecular formula is C10H19NO. The van der Waals surface area contributed by atoms with Crippen molar-refractivity contribution in [2.75, 3.05) is 13.1 Å². The first kappa shape index (κ1) is 9.72. The number of ketones is 1. The van der Waals surface area contributed by atoms with Crippen molar-refractivity contribution < 1.29 is 4.79 Å². The summed E-state index contributed by atoms with van der Waals surface area (Å²) in [6.45, 7) is 4.01. The molecule has 1 fully saturated rings. The van der Waals surface area contributed by atoms with E-state index in [-0.39, 0.29) is 0 Å². The predicted octanol–water partition coefficient (Wildman–Crippen LogP) is 1.75. The zero-order chi connectivity index (χ0) is 8.81. The van der Waals surface area contributed by atoms with Gasteiger partial charge in [-0.2, -0.15) is 0 Å². The van der Waals surface area contributed by atoms with Crippen molar-refractivity contribution in [2.45, 2.75) is 39.0 Å². The maximum Gasteiger partial charge on any atom is 0.138 e. The van der Waals surface area contributed by atoms with E-state index in [4.69, 9.17) is 0 Å². The molecule has 0 aromatic rings. The van der Waals surface area contributed by atoms with E-state index in [9.17, 15) is 4.79 Å². The van der Waals surface area contributed by atoms with Crippen LogP contribution in [0.25, 0.3) is 0 Å². The Hall–Kier alpha value is -0.370. The molecule has 0 aromatic carbocycles. The van der Waals surface area contributed by atoms with E-state index >= 15 is 0 Å². The Morgan fingerprint density at radius 1 is 1.50 bits per heavy atom. The molecule has 1 N–H and O–H groups in total. The highest BCUT2D eigenvalue weighted by molar-refractivity contribution is 5.82. The van der Waals surface area contributed by atoms with Gasteiger partial charge in [-0.05, 0) is 6.42 Å². The van der Waals surface area contributed by atoms with Crippen molar-refractivity contribution >= 4 is 5.78 Å². The minimum atomic E-state index is 0.324. The van der Waals surface area contributed by atoms with Gasteiger partial charge in [-0.3, -0.25) is 4.79 Å². The monoisotopic (exact) mass is 169 g/mol. The summed E-state index contributed by atoms with van der Waals surface area (Å²) in [6, 6.07) is 0. The molecule has 1 atom stereocenters. The van der Waals surface area contributed by atoms with Crippen molar-refractivity contribution in [3.8, 4) is 0 Å². The smallest absolute Gasteiger partial charge is 0.138 e. The molecule has 1 rings (SSSR count). The van der Waals surface area contributed by atoms with Crippen LogP contribution < -0.4 is 5.32 Å². The Bertz CT molecular complexity index is 145. The molecule has 2 nitrogen and oxygen atoms in total. The van der Waals surface area contributed by atoms with Crippen LogP contribution in [0, 0.1) is 5.92 Å². The van der Waals surface area contributed by atoms with Gasteiger partial charge in [0.25, 0.3) is 0 Å². The van der Waals surface area contributed by atoms with Gasteiger partial charge < -0.3 is 5.32 Å². The number of Topliss-reactive ketones (excluding diaryl/α,β-unsaturated/α-hetero) is 1. The molecule has 1 heterocycles. The summed E-state index contributed by atoms with van der Waals surface area (Å²) in [7, 11) is 0. The van der Waals surface area contributed by atoms with Crippen LogP contribution in [0.3, 0.4) is 0 Å². The predicted molar refractivity (Wildman–Crippen MR) is 50.1 cm³/mol. The van der Waals surface area contributed by atoms with Gasteiger partial charge >= 0.3 is 0 Å². The summed E-state index contributed by atoms with van der Waals surface area (Å²) in [4.78, 5) is 11.3. The highest BCUT2D eigenvalue weighted by Crippen LogP contribution is 2.14. The summed E-state index contributed by atoms with van der Waals surface area (Å²) in [5, 5.41) is 3.27. The molecule has 0 amide bonds. The molecule has 70 valence electrons. The van der Waals surface area contributed by atoms with Crippen molar-refractivity contribution in [1.29, 1.82) is 0 Å². The van der Waals surface area contributed by atoms with Gasteiger partial charge in [0.05, 0.1) is 0 Å². The normalized spacial score (nSPS) is 24.4. The van der Waals surface area contributed by atoms with Crippen LogP contribution in [-0.2, 0) is 4.79 Å². The number of carbonyl (C=O) groups is 1. The number of unbranched alkanes of at least 4 members (excludes halogenated alkanes) is 2. The van der Waals surface area contributed by atoms with Crippen LogP contribution >= 0.6 is 0 Å². The fourth-order valence-corrected chi connectivity index (χ4v) is 1.71. The summed E-state index contributed by atoms with van der Waals surface area (Å²) < 4.78 is 0. The molecular weight excluding hydrogens is 150 g/mol. The number of hydrogen-bond donors (Lipinski definition) is 1. The second-order valence-electron chi connectivity index (χ2n) is 3.61. The van der Waals surface area contributed by atoms with E-state index in [0.29, 0.717) is 11.7 Å². The van der Waals surface area contributed by atoms with Crippen LogP contribution in [0.5, 0.6) is 0 Å². The summed E-state index contributed by atoms with van der Waals surface area (Å²) in [6.07, 6.45) is 5.57. The van der Waals surface area contributed by atoms with Crippen LogP contribution in [0.15, 0.2) is 0 Å². The highest BCUT2D eigenvalue weighted by Gasteiger charge is 2.20. The molecule has 12 heavy (non-hydrogen) atoms. The molecule has 1 saturated heterocycles. The van der Waals surface area contributed by atoms with Crippen LogP contribution in [-0.4, -0.2) is 18.9 Å².